The quantitative estimate of drug-likeness (QED) is 0.766. The highest BCUT2D eigenvalue weighted by Crippen LogP contribution is 2.17. The van der Waals surface area contributed by atoms with Crippen molar-refractivity contribution in [2.75, 3.05) is 14.2 Å². The number of carbonyl (C=O) groups excluding carboxylic acids is 1. The van der Waals surface area contributed by atoms with E-state index < -0.39 is 6.09 Å². The van der Waals surface area contributed by atoms with Crippen molar-refractivity contribution < 1.29 is 19.1 Å². The van der Waals surface area contributed by atoms with Crippen molar-refractivity contribution >= 4 is 6.09 Å². The summed E-state index contributed by atoms with van der Waals surface area (Å²) in [6.45, 7) is 0.221. The number of hydroxylamine groups is 1. The lowest BCUT2D eigenvalue weighted by atomic mass is 10.2. The fraction of sp³-hybridized carbons (Fsp3) is 0.300. The van der Waals surface area contributed by atoms with Gasteiger partial charge in [-0.25, -0.2) is 4.79 Å². The van der Waals surface area contributed by atoms with E-state index in [2.05, 4.69) is 10.2 Å². The lowest BCUT2D eigenvalue weighted by Crippen LogP contribution is -2.23. The number of methoxy groups -OCH3 is 2. The number of nitrogens with one attached hydrogen (secondary N) is 1. The zero-order valence-electron chi connectivity index (χ0n) is 8.65. The summed E-state index contributed by atoms with van der Waals surface area (Å²) in [7, 11) is 2.84. The van der Waals surface area contributed by atoms with E-state index in [1.165, 1.54) is 7.11 Å². The molecule has 15 heavy (non-hydrogen) atoms. The summed E-state index contributed by atoms with van der Waals surface area (Å²) in [5.41, 5.74) is 2.96. The molecule has 0 aromatic heterocycles. The molecule has 5 heteroatoms. The molecule has 0 bridgehead atoms. The average molecular weight is 211 g/mol. The molecule has 0 saturated heterocycles. The summed E-state index contributed by atoms with van der Waals surface area (Å²) in [6, 6.07) is 7.38. The van der Waals surface area contributed by atoms with Gasteiger partial charge in [0.1, 0.15) is 12.4 Å². The molecule has 1 amide bonds. The number of hydrogen-bond acceptors (Lipinski definition) is 4. The topological polar surface area (TPSA) is 56.8 Å². The molecule has 5 nitrogen and oxygen atoms in total. The van der Waals surface area contributed by atoms with E-state index >= 15 is 0 Å². The number of rotatable bonds is 4. The molecule has 0 aliphatic heterocycles. The normalized spacial score (nSPS) is 9.47. The zero-order valence-corrected chi connectivity index (χ0v) is 8.65. The second-order valence-corrected chi connectivity index (χ2v) is 2.69. The van der Waals surface area contributed by atoms with Crippen LogP contribution in [-0.4, -0.2) is 20.3 Å². The van der Waals surface area contributed by atoms with Gasteiger partial charge in [-0.2, -0.15) is 5.48 Å². The molecule has 1 N–H and O–H groups in total. The molecule has 0 spiro atoms. The van der Waals surface area contributed by atoms with Crippen LogP contribution in [0.25, 0.3) is 0 Å². The second kappa shape index (κ2) is 5.87. The maximum Gasteiger partial charge on any atom is 0.431 e. The molecule has 1 aromatic rings. The van der Waals surface area contributed by atoms with Crippen LogP contribution < -0.4 is 10.2 Å². The third-order valence-electron chi connectivity index (χ3n) is 1.76. The Morgan fingerprint density at radius 3 is 2.73 bits per heavy atom. The average Bonchev–Trinajstić information content (AvgIpc) is 2.29. The van der Waals surface area contributed by atoms with Gasteiger partial charge < -0.3 is 9.47 Å². The molecule has 0 radical (unpaired) electrons. The first-order chi connectivity index (χ1) is 7.27. The van der Waals surface area contributed by atoms with Crippen molar-refractivity contribution in [3.63, 3.8) is 0 Å². The van der Waals surface area contributed by atoms with Crippen molar-refractivity contribution in [1.29, 1.82) is 0 Å². The molecule has 0 heterocycles. The molecular weight excluding hydrogens is 198 g/mol. The maximum atomic E-state index is 10.7. The van der Waals surface area contributed by atoms with Gasteiger partial charge in [0.15, 0.2) is 0 Å². The number of para-hydroxylation sites is 1. The van der Waals surface area contributed by atoms with Crippen LogP contribution in [0.5, 0.6) is 5.75 Å². The molecule has 0 saturated carbocycles. The van der Waals surface area contributed by atoms with E-state index in [4.69, 9.17) is 9.57 Å². The molecule has 0 atom stereocenters. The predicted octanol–water partition coefficient (Wildman–Crippen LogP) is 1.48. The van der Waals surface area contributed by atoms with Crippen LogP contribution in [0.2, 0.25) is 0 Å². The van der Waals surface area contributed by atoms with E-state index in [9.17, 15) is 4.79 Å². The molecule has 1 rings (SSSR count). The number of carbonyl (C=O) groups is 1. The van der Waals surface area contributed by atoms with Gasteiger partial charge in [-0.15, -0.1) is 0 Å². The van der Waals surface area contributed by atoms with E-state index in [1.54, 1.807) is 7.11 Å². The predicted molar refractivity (Wildman–Crippen MR) is 53.3 cm³/mol. The van der Waals surface area contributed by atoms with Crippen LogP contribution in [0.15, 0.2) is 24.3 Å². The summed E-state index contributed by atoms with van der Waals surface area (Å²) in [5, 5.41) is 0. The van der Waals surface area contributed by atoms with Crippen molar-refractivity contribution in [3.8, 4) is 5.75 Å². The van der Waals surface area contributed by atoms with Crippen molar-refractivity contribution in [1.82, 2.24) is 5.48 Å². The Morgan fingerprint density at radius 2 is 2.07 bits per heavy atom. The minimum absolute atomic E-state index is 0.221. The third-order valence-corrected chi connectivity index (χ3v) is 1.76. The summed E-state index contributed by atoms with van der Waals surface area (Å²) < 4.78 is 9.44. The lowest BCUT2D eigenvalue weighted by molar-refractivity contribution is 0.0242. The largest absolute Gasteiger partial charge is 0.496 e. The standard InChI is InChI=1S/C10H13NO4/c1-13-9-6-4-3-5-8(9)7-15-11-10(12)14-2/h3-6H,7H2,1-2H3,(H,11,12). The highest BCUT2D eigenvalue weighted by Gasteiger charge is 2.03. The lowest BCUT2D eigenvalue weighted by Gasteiger charge is -2.08. The minimum Gasteiger partial charge on any atom is -0.496 e. The highest BCUT2D eigenvalue weighted by atomic mass is 16.7. The summed E-state index contributed by atoms with van der Waals surface area (Å²) in [4.78, 5) is 15.6. The third kappa shape index (κ3) is 3.47. The van der Waals surface area contributed by atoms with Gasteiger partial charge in [-0.1, -0.05) is 18.2 Å². The fourth-order valence-electron chi connectivity index (χ4n) is 1.04. The van der Waals surface area contributed by atoms with Crippen LogP contribution in [0.3, 0.4) is 0 Å². The van der Waals surface area contributed by atoms with Gasteiger partial charge in [-0.3, -0.25) is 4.84 Å². The molecule has 0 unspecified atom stereocenters. The van der Waals surface area contributed by atoms with Gasteiger partial charge in [0, 0.05) is 5.56 Å². The summed E-state index contributed by atoms with van der Waals surface area (Å²) in [6.07, 6.45) is -0.634. The van der Waals surface area contributed by atoms with Gasteiger partial charge in [0.25, 0.3) is 0 Å². The number of hydrogen-bond donors (Lipinski definition) is 1. The van der Waals surface area contributed by atoms with Gasteiger partial charge in [0.05, 0.1) is 14.2 Å². The van der Waals surface area contributed by atoms with Crippen molar-refractivity contribution in [3.05, 3.63) is 29.8 Å². The summed E-state index contributed by atoms with van der Waals surface area (Å²) >= 11 is 0. The Morgan fingerprint density at radius 1 is 1.33 bits per heavy atom. The Bertz CT molecular complexity index is 327. The first kappa shape index (κ1) is 11.3. The number of ether oxygens (including phenoxy) is 2. The number of amides is 1. The molecule has 0 fully saturated rings. The van der Waals surface area contributed by atoms with Crippen molar-refractivity contribution in [2.24, 2.45) is 0 Å². The van der Waals surface area contributed by atoms with Crippen molar-refractivity contribution in [2.45, 2.75) is 6.61 Å². The minimum atomic E-state index is -0.634. The highest BCUT2D eigenvalue weighted by molar-refractivity contribution is 5.65. The smallest absolute Gasteiger partial charge is 0.431 e. The van der Waals surface area contributed by atoms with Gasteiger partial charge in [0.2, 0.25) is 0 Å². The first-order valence-corrected chi connectivity index (χ1v) is 4.35. The molecule has 0 aliphatic rings. The van der Waals surface area contributed by atoms with E-state index in [0.717, 1.165) is 5.56 Å². The Balaban J connectivity index is 2.46. The Kier molecular flexibility index (Phi) is 4.43. The second-order valence-electron chi connectivity index (χ2n) is 2.69. The molecule has 1 aromatic carbocycles. The number of benzene rings is 1. The van der Waals surface area contributed by atoms with E-state index in [1.807, 2.05) is 24.3 Å². The fourth-order valence-corrected chi connectivity index (χ4v) is 1.04. The maximum absolute atomic E-state index is 10.7. The molecule has 82 valence electrons. The summed E-state index contributed by atoms with van der Waals surface area (Å²) in [5.74, 6) is 0.712. The molecular formula is C10H13NO4. The van der Waals surface area contributed by atoms with Crippen LogP contribution in [0.1, 0.15) is 5.56 Å². The van der Waals surface area contributed by atoms with E-state index in [0.29, 0.717) is 5.75 Å². The van der Waals surface area contributed by atoms with Crippen LogP contribution in [0, 0.1) is 0 Å². The first-order valence-electron chi connectivity index (χ1n) is 4.35. The Hall–Kier alpha value is -1.75. The van der Waals surface area contributed by atoms with Gasteiger partial charge >= 0.3 is 6.09 Å². The van der Waals surface area contributed by atoms with Crippen LogP contribution in [0.4, 0.5) is 4.79 Å². The Labute approximate surface area is 87.9 Å². The zero-order chi connectivity index (χ0) is 11.1. The SMILES string of the molecule is COC(=O)NOCc1ccccc1OC. The van der Waals surface area contributed by atoms with Gasteiger partial charge in [-0.05, 0) is 6.07 Å². The van der Waals surface area contributed by atoms with Crippen LogP contribution in [-0.2, 0) is 16.2 Å². The monoisotopic (exact) mass is 211 g/mol. The molecule has 0 aliphatic carbocycles. The van der Waals surface area contributed by atoms with E-state index in [-0.39, 0.29) is 6.61 Å². The van der Waals surface area contributed by atoms with Crippen LogP contribution >= 0.6 is 0 Å².